The first-order valence-corrected chi connectivity index (χ1v) is 14.6. The number of anilines is 1. The molecule has 0 atom stereocenters. The number of ether oxygens (including phenoxy) is 1. The summed E-state index contributed by atoms with van der Waals surface area (Å²) in [5, 5.41) is 2.68. The van der Waals surface area contributed by atoms with Gasteiger partial charge in [-0.15, -0.1) is 0 Å². The van der Waals surface area contributed by atoms with Crippen LogP contribution in [0.5, 0.6) is 11.5 Å². The van der Waals surface area contributed by atoms with Crippen molar-refractivity contribution in [1.82, 2.24) is 4.90 Å². The maximum absolute atomic E-state index is 13.0. The van der Waals surface area contributed by atoms with Gasteiger partial charge in [0.05, 0.1) is 23.6 Å². The molecule has 208 valence electrons. The highest BCUT2D eigenvalue weighted by molar-refractivity contribution is 8.18. The van der Waals surface area contributed by atoms with Gasteiger partial charge in [0.15, 0.2) is 5.75 Å². The van der Waals surface area contributed by atoms with Crippen LogP contribution < -0.4 is 14.2 Å². The molecule has 0 saturated carbocycles. The van der Waals surface area contributed by atoms with E-state index in [0.717, 1.165) is 16.7 Å². The Hall–Kier alpha value is -3.22. The number of thioether (sulfide) groups is 1. The molecular formula is C26H19Cl3N2O7S2. The number of rotatable bonds is 8. The fourth-order valence-corrected chi connectivity index (χ4v) is 6.14. The summed E-state index contributed by atoms with van der Waals surface area (Å²) in [5.41, 5.74) is 1.32. The monoisotopic (exact) mass is 640 g/mol. The van der Waals surface area contributed by atoms with Crippen molar-refractivity contribution in [2.75, 3.05) is 12.4 Å². The number of carbonyl (C=O) groups is 3. The SMILES string of the molecule is COc1cc(/C=C2\SC(=O)N(Cc3ccc(Cl)cc3Cl)C2=O)cc(Cl)c1OS(=O)(=O)c1ccc(NC(C)=O)cc1. The average Bonchev–Trinajstić information content (AvgIpc) is 3.14. The second kappa shape index (κ2) is 12.1. The number of amides is 3. The smallest absolute Gasteiger partial charge is 0.339 e. The van der Waals surface area contributed by atoms with Crippen LogP contribution in [-0.4, -0.2) is 37.5 Å². The van der Waals surface area contributed by atoms with E-state index < -0.39 is 21.3 Å². The number of methoxy groups -OCH3 is 1. The van der Waals surface area contributed by atoms with Gasteiger partial charge in [-0.25, -0.2) is 0 Å². The molecule has 0 aromatic heterocycles. The zero-order chi connectivity index (χ0) is 29.2. The second-order valence-corrected chi connectivity index (χ2v) is 12.1. The van der Waals surface area contributed by atoms with Crippen LogP contribution in [0.2, 0.25) is 15.1 Å². The highest BCUT2D eigenvalue weighted by Crippen LogP contribution is 2.40. The molecule has 0 aliphatic carbocycles. The minimum atomic E-state index is -4.33. The Morgan fingerprint density at radius 1 is 1.02 bits per heavy atom. The Morgan fingerprint density at radius 2 is 1.73 bits per heavy atom. The van der Waals surface area contributed by atoms with E-state index >= 15 is 0 Å². The zero-order valence-electron chi connectivity index (χ0n) is 20.7. The average molecular weight is 642 g/mol. The molecular weight excluding hydrogens is 623 g/mol. The molecule has 0 radical (unpaired) electrons. The van der Waals surface area contributed by atoms with Gasteiger partial charge in [0.25, 0.3) is 11.1 Å². The Bertz CT molecular complexity index is 1660. The van der Waals surface area contributed by atoms with E-state index in [1.807, 2.05) is 0 Å². The van der Waals surface area contributed by atoms with Crippen LogP contribution in [-0.2, 0) is 26.3 Å². The van der Waals surface area contributed by atoms with Crippen LogP contribution in [0, 0.1) is 0 Å². The van der Waals surface area contributed by atoms with Gasteiger partial charge in [0.2, 0.25) is 11.7 Å². The van der Waals surface area contributed by atoms with Gasteiger partial charge in [0.1, 0.15) is 4.90 Å². The number of nitrogens with zero attached hydrogens (tertiary/aromatic N) is 1. The largest absolute Gasteiger partial charge is 0.493 e. The highest BCUT2D eigenvalue weighted by atomic mass is 35.5. The lowest BCUT2D eigenvalue weighted by molar-refractivity contribution is -0.123. The summed E-state index contributed by atoms with van der Waals surface area (Å²) in [6.45, 7) is 1.28. The van der Waals surface area contributed by atoms with E-state index in [1.54, 1.807) is 12.1 Å². The van der Waals surface area contributed by atoms with E-state index in [1.165, 1.54) is 62.6 Å². The molecule has 3 amide bonds. The fourth-order valence-electron chi connectivity index (χ4n) is 3.58. The van der Waals surface area contributed by atoms with E-state index in [0.29, 0.717) is 26.9 Å². The first-order valence-electron chi connectivity index (χ1n) is 11.3. The van der Waals surface area contributed by atoms with Gasteiger partial charge in [0, 0.05) is 22.7 Å². The Morgan fingerprint density at radius 3 is 2.35 bits per heavy atom. The van der Waals surface area contributed by atoms with E-state index in [2.05, 4.69) is 5.32 Å². The zero-order valence-corrected chi connectivity index (χ0v) is 24.6. The summed E-state index contributed by atoms with van der Waals surface area (Å²) in [4.78, 5) is 37.7. The fraction of sp³-hybridized carbons (Fsp3) is 0.115. The maximum Gasteiger partial charge on any atom is 0.339 e. The molecule has 1 saturated heterocycles. The molecule has 1 N–H and O–H groups in total. The van der Waals surface area contributed by atoms with Gasteiger partial charge in [-0.1, -0.05) is 40.9 Å². The van der Waals surface area contributed by atoms with Crippen LogP contribution in [0.15, 0.2) is 64.4 Å². The molecule has 3 aromatic carbocycles. The van der Waals surface area contributed by atoms with Gasteiger partial charge < -0.3 is 14.2 Å². The third-order valence-electron chi connectivity index (χ3n) is 5.42. The van der Waals surface area contributed by atoms with Crippen molar-refractivity contribution in [1.29, 1.82) is 0 Å². The Labute approximate surface area is 249 Å². The van der Waals surface area contributed by atoms with Gasteiger partial charge in [-0.2, -0.15) is 8.42 Å². The molecule has 1 aliphatic heterocycles. The summed E-state index contributed by atoms with van der Waals surface area (Å²) in [6, 6.07) is 12.9. The summed E-state index contributed by atoms with van der Waals surface area (Å²) in [5.74, 6) is -1.14. The third-order valence-corrected chi connectivity index (χ3v) is 8.43. The molecule has 4 rings (SSSR count). The van der Waals surface area contributed by atoms with Crippen molar-refractivity contribution in [2.24, 2.45) is 0 Å². The lowest BCUT2D eigenvalue weighted by atomic mass is 10.1. The van der Waals surface area contributed by atoms with E-state index in [9.17, 15) is 22.8 Å². The molecule has 9 nitrogen and oxygen atoms in total. The van der Waals surface area contributed by atoms with Crippen LogP contribution in [0.4, 0.5) is 10.5 Å². The molecule has 40 heavy (non-hydrogen) atoms. The van der Waals surface area contributed by atoms with Crippen LogP contribution >= 0.6 is 46.6 Å². The molecule has 1 aliphatic rings. The van der Waals surface area contributed by atoms with Crippen molar-refractivity contribution in [3.05, 3.63) is 85.7 Å². The van der Waals surface area contributed by atoms with Crippen molar-refractivity contribution in [3.63, 3.8) is 0 Å². The van der Waals surface area contributed by atoms with Crippen molar-refractivity contribution >= 4 is 85.5 Å². The van der Waals surface area contributed by atoms with Crippen LogP contribution in [0.3, 0.4) is 0 Å². The molecule has 0 unspecified atom stereocenters. The summed E-state index contributed by atoms with van der Waals surface area (Å²) in [6.07, 6.45) is 1.43. The number of benzene rings is 3. The van der Waals surface area contributed by atoms with Crippen molar-refractivity contribution in [3.8, 4) is 11.5 Å². The minimum absolute atomic E-state index is 0.0237. The predicted octanol–water partition coefficient (Wildman–Crippen LogP) is 6.62. The number of carbonyl (C=O) groups excluding carboxylic acids is 3. The molecule has 1 fully saturated rings. The quantitative estimate of drug-likeness (QED) is 0.215. The molecule has 0 bridgehead atoms. The third kappa shape index (κ3) is 6.73. The highest BCUT2D eigenvalue weighted by Gasteiger charge is 2.35. The second-order valence-electron chi connectivity index (χ2n) is 8.28. The molecule has 0 spiro atoms. The molecule has 3 aromatic rings. The van der Waals surface area contributed by atoms with Crippen LogP contribution in [0.25, 0.3) is 6.08 Å². The summed E-state index contributed by atoms with van der Waals surface area (Å²) < 4.78 is 36.3. The van der Waals surface area contributed by atoms with E-state index in [4.69, 9.17) is 43.7 Å². The number of nitrogens with one attached hydrogen (secondary N) is 1. The Balaban J connectivity index is 1.57. The lowest BCUT2D eigenvalue weighted by Crippen LogP contribution is -2.27. The Kier molecular flexibility index (Phi) is 9.01. The van der Waals surface area contributed by atoms with E-state index in [-0.39, 0.29) is 38.8 Å². The number of hydrogen-bond acceptors (Lipinski definition) is 8. The lowest BCUT2D eigenvalue weighted by Gasteiger charge is -2.14. The summed E-state index contributed by atoms with van der Waals surface area (Å²) in [7, 11) is -3.04. The maximum atomic E-state index is 13.0. The van der Waals surface area contributed by atoms with Crippen molar-refractivity contribution < 1.29 is 31.7 Å². The summed E-state index contributed by atoms with van der Waals surface area (Å²) >= 11 is 19.2. The topological polar surface area (TPSA) is 119 Å². The van der Waals surface area contributed by atoms with Gasteiger partial charge in [-0.3, -0.25) is 19.3 Å². The van der Waals surface area contributed by atoms with Gasteiger partial charge in [-0.05, 0) is 77.5 Å². The normalized spacial score (nSPS) is 14.5. The van der Waals surface area contributed by atoms with Gasteiger partial charge >= 0.3 is 10.1 Å². The first-order chi connectivity index (χ1) is 18.9. The standard InChI is InChI=1S/C26H19Cl3N2O7S2/c1-14(32)30-18-5-7-19(8-6-18)40(35,36)38-24-21(29)9-15(10-22(24)37-2)11-23-25(33)31(26(34)39-23)13-16-3-4-17(27)12-20(16)28/h3-12H,13H2,1-2H3,(H,30,32)/b23-11-. The van der Waals surface area contributed by atoms with Crippen molar-refractivity contribution in [2.45, 2.75) is 18.4 Å². The minimum Gasteiger partial charge on any atom is -0.493 e. The van der Waals surface area contributed by atoms with Crippen LogP contribution in [0.1, 0.15) is 18.1 Å². The first kappa shape index (κ1) is 29.8. The predicted molar refractivity (Wildman–Crippen MR) is 155 cm³/mol. The number of halogens is 3. The molecule has 1 heterocycles. The number of hydrogen-bond donors (Lipinski definition) is 1. The number of imide groups is 1. The molecule has 14 heteroatoms.